The van der Waals surface area contributed by atoms with Crippen LogP contribution in [0.5, 0.6) is 17.4 Å². The molecule has 0 spiro atoms. The number of para-hydroxylation sites is 2. The summed E-state index contributed by atoms with van der Waals surface area (Å²) in [4.78, 5) is 17.1. The van der Waals surface area contributed by atoms with E-state index in [9.17, 15) is 0 Å². The van der Waals surface area contributed by atoms with Crippen LogP contribution < -0.4 is 20.1 Å². The molecule has 4 aromatic rings. The van der Waals surface area contributed by atoms with Crippen LogP contribution >= 0.6 is 11.6 Å². The van der Waals surface area contributed by atoms with E-state index in [4.69, 9.17) is 25.8 Å². The van der Waals surface area contributed by atoms with Crippen molar-refractivity contribution >= 4 is 28.5 Å². The van der Waals surface area contributed by atoms with E-state index in [1.54, 1.807) is 31.4 Å². The van der Waals surface area contributed by atoms with Crippen molar-refractivity contribution in [3.05, 3.63) is 65.2 Å². The molecule has 1 atom stereocenters. The molecule has 9 nitrogen and oxygen atoms in total. The monoisotopic (exact) mass is 466 g/mol. The van der Waals surface area contributed by atoms with Crippen LogP contribution in [0.2, 0.25) is 5.02 Å². The van der Waals surface area contributed by atoms with Crippen LogP contribution in [-0.2, 0) is 11.3 Å². The summed E-state index contributed by atoms with van der Waals surface area (Å²) in [7, 11) is 1.58. The van der Waals surface area contributed by atoms with Gasteiger partial charge < -0.3 is 29.8 Å². The third kappa shape index (κ3) is 5.00. The number of imidazole rings is 1. The minimum atomic E-state index is -0.277. The summed E-state index contributed by atoms with van der Waals surface area (Å²) in [6.45, 7) is 2.46. The van der Waals surface area contributed by atoms with Crippen LogP contribution in [0.15, 0.2) is 48.5 Å². The molecule has 0 amide bonds. The van der Waals surface area contributed by atoms with Crippen LogP contribution in [0, 0.1) is 0 Å². The Morgan fingerprint density at radius 3 is 2.85 bits per heavy atom. The lowest BCUT2D eigenvalue weighted by Gasteiger charge is -2.23. The number of aromatic amines is 1. The number of hydrogen-bond acceptors (Lipinski definition) is 8. The molecule has 1 unspecified atom stereocenters. The van der Waals surface area contributed by atoms with Crippen molar-refractivity contribution < 1.29 is 14.2 Å². The summed E-state index contributed by atoms with van der Waals surface area (Å²) in [5, 5.41) is 7.03. The largest absolute Gasteiger partial charge is 0.497 e. The van der Waals surface area contributed by atoms with E-state index in [-0.39, 0.29) is 6.10 Å². The molecule has 0 radical (unpaired) electrons. The Labute approximate surface area is 195 Å². The number of nitrogens with zero attached hydrogens (tertiary/aromatic N) is 3. The number of benzene rings is 2. The number of anilines is 1. The van der Waals surface area contributed by atoms with Gasteiger partial charge in [-0.3, -0.25) is 0 Å². The summed E-state index contributed by atoms with van der Waals surface area (Å²) in [5.41, 5.74) is 1.90. The van der Waals surface area contributed by atoms with Gasteiger partial charge in [-0.1, -0.05) is 23.7 Å². The van der Waals surface area contributed by atoms with Crippen molar-refractivity contribution in [2.45, 2.75) is 12.6 Å². The van der Waals surface area contributed by atoms with Crippen LogP contribution in [0.3, 0.4) is 0 Å². The smallest absolute Gasteiger partial charge is 0.224 e. The summed E-state index contributed by atoms with van der Waals surface area (Å²) in [6, 6.07) is 14.8. The minimum Gasteiger partial charge on any atom is -0.497 e. The number of H-pyrrole nitrogens is 1. The molecule has 2 aromatic carbocycles. The molecule has 10 heteroatoms. The maximum absolute atomic E-state index is 6.36. The first-order valence-corrected chi connectivity index (χ1v) is 11.0. The van der Waals surface area contributed by atoms with Crippen molar-refractivity contribution in [3.63, 3.8) is 0 Å². The lowest BCUT2D eigenvalue weighted by Crippen LogP contribution is -2.34. The summed E-state index contributed by atoms with van der Waals surface area (Å²) in [5.74, 6) is 3.38. The highest BCUT2D eigenvalue weighted by Crippen LogP contribution is 2.33. The maximum Gasteiger partial charge on any atom is 0.224 e. The fourth-order valence-corrected chi connectivity index (χ4v) is 3.74. The molecule has 3 heterocycles. The SMILES string of the molecule is COc1ccc(Oc2cc(NCc3nc4ccccc4[nH]3)nc(C3CNCCO3)n2)c(Cl)c1. The topological polar surface area (TPSA) is 106 Å². The van der Waals surface area contributed by atoms with Crippen molar-refractivity contribution in [2.75, 3.05) is 32.1 Å². The molecule has 5 rings (SSSR count). The highest BCUT2D eigenvalue weighted by atomic mass is 35.5. The first-order valence-electron chi connectivity index (χ1n) is 10.6. The number of ether oxygens (including phenoxy) is 3. The minimum absolute atomic E-state index is 0.277. The number of fused-ring (bicyclic) bond motifs is 1. The average Bonchev–Trinajstić information content (AvgIpc) is 3.27. The molecule has 1 aliphatic heterocycles. The van der Waals surface area contributed by atoms with Gasteiger partial charge in [-0.05, 0) is 24.3 Å². The van der Waals surface area contributed by atoms with Crippen LogP contribution in [0.4, 0.5) is 5.82 Å². The number of aromatic nitrogens is 4. The molecule has 33 heavy (non-hydrogen) atoms. The lowest BCUT2D eigenvalue weighted by molar-refractivity contribution is 0.0219. The summed E-state index contributed by atoms with van der Waals surface area (Å²) in [6.07, 6.45) is -0.277. The number of morpholine rings is 1. The summed E-state index contributed by atoms with van der Waals surface area (Å²) < 4.78 is 17.1. The van der Waals surface area contributed by atoms with Gasteiger partial charge in [-0.25, -0.2) is 9.97 Å². The molecule has 1 aliphatic rings. The van der Waals surface area contributed by atoms with Crippen LogP contribution in [-0.4, -0.2) is 46.7 Å². The van der Waals surface area contributed by atoms with E-state index in [0.29, 0.717) is 53.7 Å². The van der Waals surface area contributed by atoms with Crippen LogP contribution in [0.25, 0.3) is 11.0 Å². The van der Waals surface area contributed by atoms with Gasteiger partial charge in [-0.2, -0.15) is 4.98 Å². The molecule has 3 N–H and O–H groups in total. The van der Waals surface area contributed by atoms with Gasteiger partial charge in [0.25, 0.3) is 0 Å². The highest BCUT2D eigenvalue weighted by Gasteiger charge is 2.21. The number of hydrogen-bond donors (Lipinski definition) is 3. The second-order valence-electron chi connectivity index (χ2n) is 7.47. The first-order chi connectivity index (χ1) is 16.2. The molecule has 2 aromatic heterocycles. The van der Waals surface area contributed by atoms with Crippen LogP contribution in [0.1, 0.15) is 17.8 Å². The Balaban J connectivity index is 1.40. The van der Waals surface area contributed by atoms with Gasteiger partial charge in [0.2, 0.25) is 5.88 Å². The molecule has 0 bridgehead atoms. The zero-order chi connectivity index (χ0) is 22.6. The number of halogens is 1. The standard InChI is InChI=1S/C23H23ClN6O3/c1-31-14-6-7-18(15(24)10-14)33-22-11-20(29-23(30-22)19-12-25-8-9-32-19)26-13-21-27-16-4-2-3-5-17(16)28-21/h2-7,10-11,19,25H,8-9,12-13H2,1H3,(H,27,28)(H,26,29,30). The molecule has 1 fully saturated rings. The number of methoxy groups -OCH3 is 1. The van der Waals surface area contributed by atoms with E-state index in [1.165, 1.54) is 0 Å². The van der Waals surface area contributed by atoms with Gasteiger partial charge >= 0.3 is 0 Å². The maximum atomic E-state index is 6.36. The van der Waals surface area contributed by atoms with E-state index < -0.39 is 0 Å². The van der Waals surface area contributed by atoms with Crippen molar-refractivity contribution in [1.82, 2.24) is 25.3 Å². The second-order valence-corrected chi connectivity index (χ2v) is 7.87. The zero-order valence-electron chi connectivity index (χ0n) is 18.0. The Kier molecular flexibility index (Phi) is 6.25. The first kappa shape index (κ1) is 21.4. The predicted molar refractivity (Wildman–Crippen MR) is 125 cm³/mol. The Morgan fingerprint density at radius 2 is 2.06 bits per heavy atom. The van der Waals surface area contributed by atoms with E-state index in [2.05, 4.69) is 30.6 Å². The van der Waals surface area contributed by atoms with Crippen molar-refractivity contribution in [3.8, 4) is 17.4 Å². The van der Waals surface area contributed by atoms with E-state index in [1.807, 2.05) is 24.3 Å². The van der Waals surface area contributed by atoms with E-state index >= 15 is 0 Å². The summed E-state index contributed by atoms with van der Waals surface area (Å²) >= 11 is 6.36. The van der Waals surface area contributed by atoms with Gasteiger partial charge in [-0.15, -0.1) is 0 Å². The van der Waals surface area contributed by atoms with Crippen molar-refractivity contribution in [1.29, 1.82) is 0 Å². The van der Waals surface area contributed by atoms with Gasteiger partial charge in [0.1, 0.15) is 29.2 Å². The lowest BCUT2D eigenvalue weighted by atomic mass is 10.3. The Morgan fingerprint density at radius 1 is 1.15 bits per heavy atom. The third-order valence-electron chi connectivity index (χ3n) is 5.16. The molecular weight excluding hydrogens is 444 g/mol. The molecular formula is C23H23ClN6O3. The normalized spacial score (nSPS) is 16.0. The molecule has 0 saturated carbocycles. The number of nitrogens with one attached hydrogen (secondary N) is 3. The highest BCUT2D eigenvalue weighted by molar-refractivity contribution is 6.32. The Bertz CT molecular complexity index is 1230. The second kappa shape index (κ2) is 9.62. The third-order valence-corrected chi connectivity index (χ3v) is 5.46. The van der Waals surface area contributed by atoms with E-state index in [0.717, 1.165) is 23.4 Å². The van der Waals surface area contributed by atoms with Gasteiger partial charge in [0.15, 0.2) is 5.82 Å². The molecule has 0 aliphatic carbocycles. The fraction of sp³-hybridized carbons (Fsp3) is 0.261. The average molecular weight is 467 g/mol. The number of rotatable bonds is 7. The Hall–Kier alpha value is -3.40. The predicted octanol–water partition coefficient (Wildman–Crippen LogP) is 4.08. The van der Waals surface area contributed by atoms with Gasteiger partial charge in [0, 0.05) is 25.2 Å². The molecule has 170 valence electrons. The quantitative estimate of drug-likeness (QED) is 0.374. The van der Waals surface area contributed by atoms with Gasteiger partial charge in [0.05, 0.1) is 36.3 Å². The fourth-order valence-electron chi connectivity index (χ4n) is 3.53. The molecule has 1 saturated heterocycles. The zero-order valence-corrected chi connectivity index (χ0v) is 18.7. The van der Waals surface area contributed by atoms with Crippen molar-refractivity contribution in [2.24, 2.45) is 0 Å².